The molecule has 0 saturated carbocycles. The summed E-state index contributed by atoms with van der Waals surface area (Å²) in [5.74, 6) is -1.20. The van der Waals surface area contributed by atoms with Crippen LogP contribution < -0.4 is 10.9 Å². The van der Waals surface area contributed by atoms with E-state index in [1.165, 1.54) is 16.8 Å². The average molecular weight is 358 g/mol. The van der Waals surface area contributed by atoms with Crippen LogP contribution in [0.15, 0.2) is 33.7 Å². The predicted octanol–water partition coefficient (Wildman–Crippen LogP) is 2.96. The monoisotopic (exact) mass is 357 g/mol. The summed E-state index contributed by atoms with van der Waals surface area (Å²) in [5.41, 5.74) is 0.881. The van der Waals surface area contributed by atoms with E-state index in [2.05, 4.69) is 26.3 Å². The molecule has 2 rings (SSSR count). The van der Waals surface area contributed by atoms with Gasteiger partial charge in [-0.05, 0) is 47.0 Å². The van der Waals surface area contributed by atoms with Crippen LogP contribution in [0.4, 0.5) is 14.5 Å². The van der Waals surface area contributed by atoms with E-state index in [0.29, 0.717) is 35.2 Å². The van der Waals surface area contributed by atoms with Gasteiger partial charge in [0, 0.05) is 19.2 Å². The molecule has 4 nitrogen and oxygen atoms in total. The van der Waals surface area contributed by atoms with Gasteiger partial charge in [-0.15, -0.1) is 0 Å². The fourth-order valence-electron chi connectivity index (χ4n) is 1.91. The Morgan fingerprint density at radius 1 is 1.29 bits per heavy atom. The lowest BCUT2D eigenvalue weighted by atomic mass is 10.1. The van der Waals surface area contributed by atoms with E-state index in [1.54, 1.807) is 6.20 Å². The van der Waals surface area contributed by atoms with Gasteiger partial charge < -0.3 is 5.32 Å². The first-order valence-electron chi connectivity index (χ1n) is 6.45. The molecule has 112 valence electrons. The van der Waals surface area contributed by atoms with Crippen LogP contribution >= 0.6 is 15.9 Å². The van der Waals surface area contributed by atoms with Crippen molar-refractivity contribution in [3.8, 4) is 0 Å². The van der Waals surface area contributed by atoms with E-state index in [9.17, 15) is 13.6 Å². The van der Waals surface area contributed by atoms with Crippen molar-refractivity contribution in [1.29, 1.82) is 0 Å². The molecule has 0 amide bonds. The molecule has 0 saturated heterocycles. The molecule has 0 aliphatic rings. The first-order valence-corrected chi connectivity index (χ1v) is 7.25. The van der Waals surface area contributed by atoms with Crippen LogP contribution in [0.25, 0.3) is 0 Å². The Balaban J connectivity index is 2.04. The van der Waals surface area contributed by atoms with E-state index < -0.39 is 11.6 Å². The SMILES string of the molecule is CCn1ncc(NCCc2cc(F)cc(F)c2)c(Br)c1=O. The van der Waals surface area contributed by atoms with Crippen LogP contribution in [0.1, 0.15) is 12.5 Å². The lowest BCUT2D eigenvalue weighted by molar-refractivity contribution is 0.580. The Kier molecular flexibility index (Phi) is 5.06. The minimum absolute atomic E-state index is 0.223. The van der Waals surface area contributed by atoms with Crippen LogP contribution in [-0.4, -0.2) is 16.3 Å². The largest absolute Gasteiger partial charge is 0.382 e. The molecule has 1 heterocycles. The normalized spacial score (nSPS) is 10.7. The highest BCUT2D eigenvalue weighted by Gasteiger charge is 2.07. The number of aromatic nitrogens is 2. The smallest absolute Gasteiger partial charge is 0.283 e. The quantitative estimate of drug-likeness (QED) is 0.894. The maximum atomic E-state index is 13.1. The van der Waals surface area contributed by atoms with Gasteiger partial charge in [0.25, 0.3) is 5.56 Å². The molecular weight excluding hydrogens is 344 g/mol. The highest BCUT2D eigenvalue weighted by molar-refractivity contribution is 9.10. The Morgan fingerprint density at radius 2 is 1.95 bits per heavy atom. The topological polar surface area (TPSA) is 46.9 Å². The molecule has 0 unspecified atom stereocenters. The number of nitrogens with one attached hydrogen (secondary N) is 1. The second kappa shape index (κ2) is 6.80. The molecule has 21 heavy (non-hydrogen) atoms. The Hall–Kier alpha value is -1.76. The Labute approximate surface area is 128 Å². The van der Waals surface area contributed by atoms with Gasteiger partial charge in [0.1, 0.15) is 16.1 Å². The van der Waals surface area contributed by atoms with Crippen molar-refractivity contribution < 1.29 is 8.78 Å². The van der Waals surface area contributed by atoms with Crippen molar-refractivity contribution in [3.05, 3.63) is 56.4 Å². The lowest BCUT2D eigenvalue weighted by Gasteiger charge is -2.09. The van der Waals surface area contributed by atoms with E-state index in [1.807, 2.05) is 6.92 Å². The van der Waals surface area contributed by atoms with Crippen molar-refractivity contribution in [2.45, 2.75) is 19.9 Å². The first-order chi connectivity index (χ1) is 10.0. The van der Waals surface area contributed by atoms with Gasteiger partial charge >= 0.3 is 0 Å². The molecule has 0 atom stereocenters. The van der Waals surface area contributed by atoms with Crippen molar-refractivity contribution in [1.82, 2.24) is 9.78 Å². The zero-order valence-corrected chi connectivity index (χ0v) is 13.0. The number of hydrogen-bond acceptors (Lipinski definition) is 3. The maximum absolute atomic E-state index is 13.1. The van der Waals surface area contributed by atoms with Gasteiger partial charge in [-0.3, -0.25) is 4.79 Å². The number of hydrogen-bond donors (Lipinski definition) is 1. The summed E-state index contributed by atoms with van der Waals surface area (Å²) in [6.07, 6.45) is 1.97. The summed E-state index contributed by atoms with van der Waals surface area (Å²) in [4.78, 5) is 11.9. The minimum Gasteiger partial charge on any atom is -0.382 e. The molecular formula is C14H14BrF2N3O. The van der Waals surface area contributed by atoms with Gasteiger partial charge in [0.15, 0.2) is 0 Å². The predicted molar refractivity (Wildman–Crippen MR) is 80.4 cm³/mol. The Bertz CT molecular complexity index is 683. The number of nitrogens with zero attached hydrogens (tertiary/aromatic N) is 2. The fourth-order valence-corrected chi connectivity index (χ4v) is 2.36. The second-order valence-electron chi connectivity index (χ2n) is 4.45. The zero-order chi connectivity index (χ0) is 15.4. The van der Waals surface area contributed by atoms with Gasteiger partial charge in [-0.25, -0.2) is 13.5 Å². The number of anilines is 1. The van der Waals surface area contributed by atoms with E-state index in [-0.39, 0.29) is 5.56 Å². The van der Waals surface area contributed by atoms with Crippen LogP contribution in [0.3, 0.4) is 0 Å². The van der Waals surface area contributed by atoms with Crippen LogP contribution in [-0.2, 0) is 13.0 Å². The van der Waals surface area contributed by atoms with Crippen molar-refractivity contribution in [2.24, 2.45) is 0 Å². The fraction of sp³-hybridized carbons (Fsp3) is 0.286. The van der Waals surface area contributed by atoms with Crippen LogP contribution in [0.2, 0.25) is 0 Å². The zero-order valence-electron chi connectivity index (χ0n) is 11.4. The minimum atomic E-state index is -0.599. The molecule has 2 aromatic rings. The molecule has 0 spiro atoms. The first kappa shape index (κ1) is 15.6. The van der Waals surface area contributed by atoms with E-state index in [4.69, 9.17) is 0 Å². The lowest BCUT2D eigenvalue weighted by Crippen LogP contribution is -2.24. The molecule has 0 bridgehead atoms. The van der Waals surface area contributed by atoms with Crippen molar-refractivity contribution >= 4 is 21.6 Å². The van der Waals surface area contributed by atoms with Crippen LogP contribution in [0.5, 0.6) is 0 Å². The number of benzene rings is 1. The average Bonchev–Trinajstić information content (AvgIpc) is 2.43. The molecule has 1 N–H and O–H groups in total. The van der Waals surface area contributed by atoms with Crippen molar-refractivity contribution in [2.75, 3.05) is 11.9 Å². The maximum Gasteiger partial charge on any atom is 0.283 e. The third kappa shape index (κ3) is 3.87. The van der Waals surface area contributed by atoms with Gasteiger partial charge in [-0.2, -0.15) is 5.10 Å². The second-order valence-corrected chi connectivity index (χ2v) is 5.24. The summed E-state index contributed by atoms with van der Waals surface area (Å²) >= 11 is 3.23. The molecule has 0 aliphatic heterocycles. The Morgan fingerprint density at radius 3 is 2.57 bits per heavy atom. The number of rotatable bonds is 5. The highest BCUT2D eigenvalue weighted by Crippen LogP contribution is 2.16. The molecule has 0 fully saturated rings. The molecule has 7 heteroatoms. The third-order valence-corrected chi connectivity index (χ3v) is 3.70. The summed E-state index contributed by atoms with van der Waals surface area (Å²) in [6.45, 7) is 2.74. The van der Waals surface area contributed by atoms with Crippen molar-refractivity contribution in [3.63, 3.8) is 0 Å². The summed E-state index contributed by atoms with van der Waals surface area (Å²) in [5, 5.41) is 7.03. The molecule has 1 aromatic carbocycles. The number of aryl methyl sites for hydroxylation is 1. The molecule has 1 aromatic heterocycles. The summed E-state index contributed by atoms with van der Waals surface area (Å²) in [7, 11) is 0. The summed E-state index contributed by atoms with van der Waals surface area (Å²) in [6, 6.07) is 3.40. The van der Waals surface area contributed by atoms with Crippen LogP contribution in [0, 0.1) is 11.6 Å². The van der Waals surface area contributed by atoms with Gasteiger partial charge in [0.2, 0.25) is 0 Å². The number of halogens is 3. The molecule has 0 radical (unpaired) electrons. The summed E-state index contributed by atoms with van der Waals surface area (Å²) < 4.78 is 27.8. The van der Waals surface area contributed by atoms with E-state index in [0.717, 1.165) is 6.07 Å². The highest BCUT2D eigenvalue weighted by atomic mass is 79.9. The van der Waals surface area contributed by atoms with E-state index >= 15 is 0 Å². The molecule has 0 aliphatic carbocycles. The third-order valence-electron chi connectivity index (χ3n) is 2.94. The van der Waals surface area contributed by atoms with Gasteiger partial charge in [0.05, 0.1) is 11.9 Å². The van der Waals surface area contributed by atoms with Gasteiger partial charge in [-0.1, -0.05) is 0 Å². The standard InChI is InChI=1S/C14H14BrF2N3O/c1-2-20-14(21)13(15)12(8-19-20)18-4-3-9-5-10(16)7-11(17)6-9/h5-8,18H,2-4H2,1H3.